The summed E-state index contributed by atoms with van der Waals surface area (Å²) in [5.41, 5.74) is 1.04. The van der Waals surface area contributed by atoms with E-state index in [1.807, 2.05) is 51.1 Å². The molecule has 6 nitrogen and oxygen atoms in total. The Kier molecular flexibility index (Phi) is 7.89. The van der Waals surface area contributed by atoms with Crippen LogP contribution in [0.3, 0.4) is 0 Å². The van der Waals surface area contributed by atoms with Crippen LogP contribution in [0.15, 0.2) is 89.8 Å². The average molecular weight is 468 g/mol. The number of rotatable bonds is 9. The second kappa shape index (κ2) is 10.6. The van der Waals surface area contributed by atoms with Gasteiger partial charge in [0.1, 0.15) is 16.2 Å². The number of nitrogens with one attached hydrogen (secondary N) is 1. The monoisotopic (exact) mass is 467 g/mol. The maximum absolute atomic E-state index is 13.0. The molecular formula is C26H29NO5S. The Bertz CT molecular complexity index is 1160. The highest BCUT2D eigenvalue weighted by molar-refractivity contribution is 7.87. The molecule has 0 saturated carbocycles. The molecule has 1 unspecified atom stereocenters. The van der Waals surface area contributed by atoms with E-state index in [0.29, 0.717) is 18.7 Å². The van der Waals surface area contributed by atoms with Crippen LogP contribution < -0.4 is 9.50 Å². The third-order valence-corrected chi connectivity index (χ3v) is 5.97. The molecule has 0 aliphatic heterocycles. The first-order chi connectivity index (χ1) is 15.6. The van der Waals surface area contributed by atoms with Gasteiger partial charge in [-0.1, -0.05) is 60.7 Å². The Morgan fingerprint density at radius 3 is 2.18 bits per heavy atom. The Hall–Kier alpha value is -3.16. The first kappa shape index (κ1) is 24.5. The van der Waals surface area contributed by atoms with E-state index >= 15 is 0 Å². The fourth-order valence-electron chi connectivity index (χ4n) is 3.21. The largest absolute Gasteiger partial charge is 0.459 e. The molecular weight excluding hydrogens is 438 g/mol. The smallest absolute Gasteiger partial charge is 0.339 e. The van der Waals surface area contributed by atoms with Gasteiger partial charge in [-0.05, 0) is 56.2 Å². The van der Waals surface area contributed by atoms with E-state index < -0.39 is 27.6 Å². The lowest BCUT2D eigenvalue weighted by molar-refractivity contribution is -0.156. The van der Waals surface area contributed by atoms with Gasteiger partial charge in [0.15, 0.2) is 0 Å². The molecule has 0 heterocycles. The van der Waals surface area contributed by atoms with Gasteiger partial charge in [-0.25, -0.2) is 0 Å². The lowest BCUT2D eigenvalue weighted by atomic mass is 9.98. The summed E-state index contributed by atoms with van der Waals surface area (Å²) in [6.45, 7) is 6.33. The fraction of sp³-hybridized carbons (Fsp3) is 0.269. The Morgan fingerprint density at radius 1 is 0.909 bits per heavy atom. The van der Waals surface area contributed by atoms with E-state index in [1.165, 1.54) is 12.1 Å². The van der Waals surface area contributed by atoms with Crippen LogP contribution in [0.5, 0.6) is 5.75 Å². The van der Waals surface area contributed by atoms with Gasteiger partial charge in [-0.3, -0.25) is 4.79 Å². The number of ether oxygens (including phenoxy) is 1. The maximum atomic E-state index is 13.0. The van der Waals surface area contributed by atoms with E-state index in [4.69, 9.17) is 8.92 Å². The highest BCUT2D eigenvalue weighted by atomic mass is 32.2. The summed E-state index contributed by atoms with van der Waals surface area (Å²) in [6.07, 6.45) is 0. The second-order valence-corrected chi connectivity index (χ2v) is 10.2. The molecule has 33 heavy (non-hydrogen) atoms. The molecule has 3 aromatic carbocycles. The van der Waals surface area contributed by atoms with Gasteiger partial charge in [0.25, 0.3) is 0 Å². The quantitative estimate of drug-likeness (QED) is 0.364. The summed E-state index contributed by atoms with van der Waals surface area (Å²) in [5, 5.41) is 3.30. The maximum Gasteiger partial charge on any atom is 0.339 e. The molecule has 0 fully saturated rings. The Labute approximate surface area is 195 Å². The number of hydrogen-bond donors (Lipinski definition) is 1. The number of benzene rings is 3. The summed E-state index contributed by atoms with van der Waals surface area (Å²) < 4.78 is 36.2. The molecule has 0 radical (unpaired) electrons. The van der Waals surface area contributed by atoms with Crippen LogP contribution in [-0.4, -0.2) is 26.5 Å². The highest BCUT2D eigenvalue weighted by Gasteiger charge is 2.27. The van der Waals surface area contributed by atoms with Crippen LogP contribution in [-0.2, 0) is 26.2 Å². The molecule has 0 spiro atoms. The van der Waals surface area contributed by atoms with Crippen LogP contribution in [0.25, 0.3) is 0 Å². The van der Waals surface area contributed by atoms with Crippen molar-refractivity contribution < 1.29 is 22.1 Å². The van der Waals surface area contributed by atoms with E-state index in [0.717, 1.165) is 5.56 Å². The SMILES string of the molecule is CC(C)(C)OC(=O)C(CNCc1ccccc1)c1cccc(OS(=O)(=O)c2ccccc2)c1. The minimum absolute atomic E-state index is 0.0589. The number of carbonyl (C=O) groups is 1. The summed E-state index contributed by atoms with van der Waals surface area (Å²) >= 11 is 0. The van der Waals surface area contributed by atoms with Gasteiger partial charge in [0.05, 0.1) is 5.92 Å². The molecule has 0 aromatic heterocycles. The molecule has 3 rings (SSSR count). The molecule has 7 heteroatoms. The van der Waals surface area contributed by atoms with Crippen LogP contribution in [0.4, 0.5) is 0 Å². The summed E-state index contributed by atoms with van der Waals surface area (Å²) in [5.74, 6) is -0.907. The zero-order valence-corrected chi connectivity index (χ0v) is 19.8. The van der Waals surface area contributed by atoms with Gasteiger partial charge in [0, 0.05) is 13.1 Å². The molecule has 0 aliphatic rings. The van der Waals surface area contributed by atoms with E-state index in [-0.39, 0.29) is 10.6 Å². The summed E-state index contributed by atoms with van der Waals surface area (Å²) in [7, 11) is -3.99. The molecule has 0 amide bonds. The van der Waals surface area contributed by atoms with Crippen molar-refractivity contribution >= 4 is 16.1 Å². The third kappa shape index (κ3) is 7.44. The van der Waals surface area contributed by atoms with Gasteiger partial charge >= 0.3 is 16.1 Å². The van der Waals surface area contributed by atoms with E-state index in [9.17, 15) is 13.2 Å². The lowest BCUT2D eigenvalue weighted by Crippen LogP contribution is -2.33. The summed E-state index contributed by atoms with van der Waals surface area (Å²) in [4.78, 5) is 13.1. The van der Waals surface area contributed by atoms with Crippen molar-refractivity contribution in [2.75, 3.05) is 6.54 Å². The van der Waals surface area contributed by atoms with E-state index in [1.54, 1.807) is 42.5 Å². The van der Waals surface area contributed by atoms with Crippen molar-refractivity contribution in [2.45, 2.75) is 43.7 Å². The lowest BCUT2D eigenvalue weighted by Gasteiger charge is -2.24. The molecule has 1 atom stereocenters. The number of hydrogen-bond acceptors (Lipinski definition) is 6. The second-order valence-electron chi connectivity index (χ2n) is 8.63. The molecule has 0 bridgehead atoms. The third-order valence-electron chi connectivity index (χ3n) is 4.71. The van der Waals surface area contributed by atoms with Crippen LogP contribution in [0.1, 0.15) is 37.8 Å². The molecule has 0 aliphatic carbocycles. The fourth-order valence-corrected chi connectivity index (χ4v) is 4.16. The topological polar surface area (TPSA) is 81.7 Å². The van der Waals surface area contributed by atoms with Crippen LogP contribution in [0.2, 0.25) is 0 Å². The zero-order valence-electron chi connectivity index (χ0n) is 19.0. The molecule has 1 N–H and O–H groups in total. The van der Waals surface area contributed by atoms with Gasteiger partial charge < -0.3 is 14.2 Å². The van der Waals surface area contributed by atoms with Crippen molar-refractivity contribution in [1.29, 1.82) is 0 Å². The first-order valence-corrected chi connectivity index (χ1v) is 12.1. The minimum atomic E-state index is -3.99. The predicted octanol–water partition coefficient (Wildman–Crippen LogP) is 4.67. The van der Waals surface area contributed by atoms with Crippen molar-refractivity contribution in [3.8, 4) is 5.75 Å². The Morgan fingerprint density at radius 2 is 1.55 bits per heavy atom. The van der Waals surface area contributed by atoms with Crippen molar-refractivity contribution in [2.24, 2.45) is 0 Å². The number of carbonyl (C=O) groups excluding carboxylic acids is 1. The molecule has 0 saturated heterocycles. The normalized spacial score (nSPS) is 12.7. The molecule has 174 valence electrons. The van der Waals surface area contributed by atoms with Crippen molar-refractivity contribution in [1.82, 2.24) is 5.32 Å². The van der Waals surface area contributed by atoms with Crippen LogP contribution in [0, 0.1) is 0 Å². The van der Waals surface area contributed by atoms with E-state index in [2.05, 4.69) is 5.32 Å². The first-order valence-electron chi connectivity index (χ1n) is 10.7. The van der Waals surface area contributed by atoms with Gasteiger partial charge in [0.2, 0.25) is 0 Å². The minimum Gasteiger partial charge on any atom is -0.459 e. The van der Waals surface area contributed by atoms with Crippen molar-refractivity contribution in [3.05, 3.63) is 96.1 Å². The highest BCUT2D eigenvalue weighted by Crippen LogP contribution is 2.26. The van der Waals surface area contributed by atoms with Crippen LogP contribution >= 0.6 is 0 Å². The zero-order chi connectivity index (χ0) is 23.9. The predicted molar refractivity (Wildman–Crippen MR) is 127 cm³/mol. The average Bonchev–Trinajstić information content (AvgIpc) is 2.77. The van der Waals surface area contributed by atoms with Gasteiger partial charge in [-0.2, -0.15) is 8.42 Å². The number of esters is 1. The standard InChI is InChI=1S/C26H29NO5S/c1-26(2,3)31-25(28)24(19-27-18-20-11-6-4-7-12-20)21-13-10-14-22(17-21)32-33(29,30)23-15-8-5-9-16-23/h4-17,24,27H,18-19H2,1-3H3. The van der Waals surface area contributed by atoms with Crippen molar-refractivity contribution in [3.63, 3.8) is 0 Å². The summed E-state index contributed by atoms with van der Waals surface area (Å²) in [6, 6.07) is 24.3. The van der Waals surface area contributed by atoms with Gasteiger partial charge in [-0.15, -0.1) is 0 Å². The Balaban J connectivity index is 1.81. The molecule has 3 aromatic rings.